The highest BCUT2D eigenvalue weighted by Gasteiger charge is 2.12. The van der Waals surface area contributed by atoms with Gasteiger partial charge in [-0.05, 0) is 60.1 Å². The summed E-state index contributed by atoms with van der Waals surface area (Å²) in [5.74, 6) is 0.783. The van der Waals surface area contributed by atoms with Crippen LogP contribution in [-0.2, 0) is 25.7 Å². The summed E-state index contributed by atoms with van der Waals surface area (Å²) in [5, 5.41) is 0. The fraction of sp³-hybridized carbons (Fsp3) is 0.154. The van der Waals surface area contributed by atoms with Gasteiger partial charge >= 0.3 is 0 Å². The Hall–Kier alpha value is -3.26. The summed E-state index contributed by atoms with van der Waals surface area (Å²) < 4.78 is 0. The van der Waals surface area contributed by atoms with E-state index in [1.54, 1.807) is 0 Å². The molecule has 0 N–H and O–H groups in total. The van der Waals surface area contributed by atoms with Gasteiger partial charge in [-0.15, -0.1) is 0 Å². The second-order valence-electron chi connectivity index (χ2n) is 7.44. The van der Waals surface area contributed by atoms with Gasteiger partial charge in [0.1, 0.15) is 0 Å². The third kappa shape index (κ3) is 3.46. The average Bonchev–Trinajstić information content (AvgIpc) is 2.76. The summed E-state index contributed by atoms with van der Waals surface area (Å²) >= 11 is 0. The van der Waals surface area contributed by atoms with E-state index < -0.39 is 0 Å². The van der Waals surface area contributed by atoms with E-state index in [0.29, 0.717) is 0 Å². The molecule has 0 atom stereocenters. The van der Waals surface area contributed by atoms with Crippen LogP contribution < -0.4 is 0 Å². The van der Waals surface area contributed by atoms with Crippen LogP contribution >= 0.6 is 0 Å². The first-order valence-corrected chi connectivity index (χ1v) is 9.94. The maximum Gasteiger partial charge on any atom is 0.159 e. The van der Waals surface area contributed by atoms with E-state index in [1.807, 2.05) is 30.5 Å². The normalized spacial score (nSPS) is 13.1. The second-order valence-corrected chi connectivity index (χ2v) is 7.44. The Labute approximate surface area is 165 Å². The van der Waals surface area contributed by atoms with Crippen LogP contribution in [0.1, 0.15) is 22.3 Å². The van der Waals surface area contributed by atoms with Crippen LogP contribution in [0.4, 0.5) is 0 Å². The van der Waals surface area contributed by atoms with Crippen molar-refractivity contribution in [3.63, 3.8) is 0 Å². The topological polar surface area (TPSA) is 25.8 Å². The molecule has 0 spiro atoms. The van der Waals surface area contributed by atoms with E-state index in [1.165, 1.54) is 27.8 Å². The van der Waals surface area contributed by atoms with Gasteiger partial charge in [-0.25, -0.2) is 9.97 Å². The van der Waals surface area contributed by atoms with Crippen LogP contribution in [0.25, 0.3) is 22.6 Å². The Morgan fingerprint density at radius 2 is 1.29 bits per heavy atom. The third-order valence-corrected chi connectivity index (χ3v) is 5.55. The van der Waals surface area contributed by atoms with Gasteiger partial charge in [-0.1, -0.05) is 66.7 Å². The lowest BCUT2D eigenvalue weighted by Gasteiger charge is -2.14. The Morgan fingerprint density at radius 3 is 2.07 bits per heavy atom. The molecule has 0 saturated heterocycles. The molecule has 0 amide bonds. The second kappa shape index (κ2) is 7.40. The minimum Gasteiger partial charge on any atom is -0.237 e. The molecule has 0 radical (unpaired) electrons. The molecule has 0 fully saturated rings. The number of rotatable bonds is 2. The molecule has 4 aliphatic rings. The van der Waals surface area contributed by atoms with E-state index in [-0.39, 0.29) is 0 Å². The molecule has 28 heavy (non-hydrogen) atoms. The van der Waals surface area contributed by atoms with Gasteiger partial charge in [-0.3, -0.25) is 0 Å². The van der Waals surface area contributed by atoms with E-state index in [4.69, 9.17) is 4.98 Å². The smallest absolute Gasteiger partial charge is 0.159 e. The van der Waals surface area contributed by atoms with Crippen LogP contribution in [0.15, 0.2) is 85.1 Å². The SMILES string of the molecule is c1ccc(-c2nccc(-c3cc4ccc3CCc3ccc(cc3)CC4)n2)cc1. The molecule has 4 aliphatic carbocycles. The molecule has 0 aliphatic heterocycles. The minimum absolute atomic E-state index is 0.783. The standard InChI is InChI=1S/C26H22N2/c1-2-4-23(5-3-1)26-27-17-16-25(28-26)24-18-21-11-10-19-6-8-20(9-7-19)12-14-22(24)15-13-21/h1-9,13,15-18H,10-12,14H2. The highest BCUT2D eigenvalue weighted by molar-refractivity contribution is 5.67. The largest absolute Gasteiger partial charge is 0.237 e. The average molecular weight is 362 g/mol. The predicted molar refractivity (Wildman–Crippen MR) is 114 cm³/mol. The van der Waals surface area contributed by atoms with Gasteiger partial charge in [0.25, 0.3) is 0 Å². The Balaban J connectivity index is 1.57. The molecule has 4 bridgehead atoms. The maximum atomic E-state index is 4.91. The number of hydrogen-bond acceptors (Lipinski definition) is 2. The van der Waals surface area contributed by atoms with Crippen molar-refractivity contribution in [1.29, 1.82) is 0 Å². The zero-order valence-corrected chi connectivity index (χ0v) is 15.8. The third-order valence-electron chi connectivity index (χ3n) is 5.55. The van der Waals surface area contributed by atoms with Crippen molar-refractivity contribution in [2.45, 2.75) is 25.7 Å². The van der Waals surface area contributed by atoms with Crippen molar-refractivity contribution >= 4 is 0 Å². The number of benzene rings is 3. The maximum absolute atomic E-state index is 4.91. The van der Waals surface area contributed by atoms with Crippen LogP contribution in [0.5, 0.6) is 0 Å². The predicted octanol–water partition coefficient (Wildman–Crippen LogP) is 5.69. The number of hydrogen-bond donors (Lipinski definition) is 0. The number of aryl methyl sites for hydroxylation is 4. The van der Waals surface area contributed by atoms with Gasteiger partial charge in [0, 0.05) is 17.3 Å². The zero-order valence-electron chi connectivity index (χ0n) is 15.8. The van der Waals surface area contributed by atoms with Gasteiger partial charge in [0.2, 0.25) is 0 Å². The van der Waals surface area contributed by atoms with Crippen molar-refractivity contribution in [2.24, 2.45) is 0 Å². The van der Waals surface area contributed by atoms with Gasteiger partial charge in [-0.2, -0.15) is 0 Å². The van der Waals surface area contributed by atoms with Gasteiger partial charge in [0.05, 0.1) is 5.69 Å². The molecular formula is C26H22N2. The van der Waals surface area contributed by atoms with Crippen LogP contribution in [-0.4, -0.2) is 9.97 Å². The molecule has 8 rings (SSSR count). The Morgan fingerprint density at radius 1 is 0.607 bits per heavy atom. The van der Waals surface area contributed by atoms with Crippen molar-refractivity contribution in [3.8, 4) is 22.6 Å². The molecule has 1 heterocycles. The van der Waals surface area contributed by atoms with Crippen LogP contribution in [0.2, 0.25) is 0 Å². The molecule has 2 nitrogen and oxygen atoms in total. The summed E-state index contributed by atoms with van der Waals surface area (Å²) in [6.07, 6.45) is 6.05. The minimum atomic E-state index is 0.783. The van der Waals surface area contributed by atoms with Crippen molar-refractivity contribution < 1.29 is 0 Å². The molecule has 0 unspecified atom stereocenters. The van der Waals surface area contributed by atoms with Crippen molar-refractivity contribution in [1.82, 2.24) is 9.97 Å². The highest BCUT2D eigenvalue weighted by atomic mass is 14.9. The summed E-state index contributed by atoms with van der Waals surface area (Å²) in [5.41, 5.74) is 8.82. The molecule has 3 aromatic carbocycles. The fourth-order valence-corrected chi connectivity index (χ4v) is 3.91. The molecule has 4 aromatic rings. The number of nitrogens with zero attached hydrogens (tertiary/aromatic N) is 2. The zero-order chi connectivity index (χ0) is 18.8. The Kier molecular flexibility index (Phi) is 4.46. The molecule has 2 heteroatoms. The lowest BCUT2D eigenvalue weighted by Crippen LogP contribution is -2.01. The first-order chi connectivity index (χ1) is 13.8. The Bertz CT molecular complexity index is 1100. The molecular weight excluding hydrogens is 340 g/mol. The summed E-state index contributed by atoms with van der Waals surface area (Å²) in [4.78, 5) is 9.42. The fourth-order valence-electron chi connectivity index (χ4n) is 3.91. The molecule has 136 valence electrons. The van der Waals surface area contributed by atoms with Crippen molar-refractivity contribution in [2.75, 3.05) is 0 Å². The monoisotopic (exact) mass is 362 g/mol. The summed E-state index contributed by atoms with van der Waals surface area (Å²) in [7, 11) is 0. The van der Waals surface area contributed by atoms with E-state index in [0.717, 1.165) is 42.8 Å². The van der Waals surface area contributed by atoms with E-state index >= 15 is 0 Å². The van der Waals surface area contributed by atoms with Crippen LogP contribution in [0, 0.1) is 0 Å². The highest BCUT2D eigenvalue weighted by Crippen LogP contribution is 2.28. The van der Waals surface area contributed by atoms with E-state index in [2.05, 4.69) is 59.6 Å². The summed E-state index contributed by atoms with van der Waals surface area (Å²) in [6.45, 7) is 0. The molecule has 1 aromatic heterocycles. The first kappa shape index (κ1) is 16.9. The quantitative estimate of drug-likeness (QED) is 0.457. The van der Waals surface area contributed by atoms with Crippen molar-refractivity contribution in [3.05, 3.63) is 107 Å². The first-order valence-electron chi connectivity index (χ1n) is 9.94. The number of aromatic nitrogens is 2. The van der Waals surface area contributed by atoms with Crippen LogP contribution in [0.3, 0.4) is 0 Å². The van der Waals surface area contributed by atoms with E-state index in [9.17, 15) is 0 Å². The lowest BCUT2D eigenvalue weighted by atomic mass is 9.92. The summed E-state index contributed by atoms with van der Waals surface area (Å²) in [6, 6.07) is 28.3. The van der Waals surface area contributed by atoms with Gasteiger partial charge < -0.3 is 0 Å². The van der Waals surface area contributed by atoms with Gasteiger partial charge in [0.15, 0.2) is 5.82 Å². The lowest BCUT2D eigenvalue weighted by molar-refractivity contribution is 0.922. The molecule has 0 saturated carbocycles.